The SMILES string of the molecule is Cc1cc(C)c(NC(=O)c2ccc(CN(c3cc(C)ccc3C)S(C)(=O)=O)cc2)c(C)c1. The lowest BCUT2D eigenvalue weighted by atomic mass is 10.0. The number of nitrogens with one attached hydrogen (secondary N) is 1. The molecule has 0 aromatic heterocycles. The summed E-state index contributed by atoms with van der Waals surface area (Å²) in [5.41, 5.74) is 7.88. The van der Waals surface area contributed by atoms with Gasteiger partial charge in [0.25, 0.3) is 5.91 Å². The Morgan fingerprint density at radius 2 is 1.41 bits per heavy atom. The van der Waals surface area contributed by atoms with Gasteiger partial charge in [0.1, 0.15) is 0 Å². The number of hydrogen-bond donors (Lipinski definition) is 1. The fraction of sp³-hybridized carbons (Fsp3) is 0.269. The molecule has 1 amide bonds. The first-order valence-corrected chi connectivity index (χ1v) is 12.3. The van der Waals surface area contributed by atoms with Gasteiger partial charge >= 0.3 is 0 Å². The van der Waals surface area contributed by atoms with E-state index in [9.17, 15) is 13.2 Å². The molecular formula is C26H30N2O3S. The molecule has 0 bridgehead atoms. The van der Waals surface area contributed by atoms with Crippen molar-refractivity contribution < 1.29 is 13.2 Å². The highest BCUT2D eigenvalue weighted by Gasteiger charge is 2.20. The molecule has 0 heterocycles. The maximum atomic E-state index is 12.8. The summed E-state index contributed by atoms with van der Waals surface area (Å²) in [6, 6.07) is 16.9. The minimum Gasteiger partial charge on any atom is -0.322 e. The average molecular weight is 451 g/mol. The van der Waals surface area contributed by atoms with Crippen LogP contribution >= 0.6 is 0 Å². The minimum atomic E-state index is -3.48. The smallest absolute Gasteiger partial charge is 0.255 e. The second kappa shape index (κ2) is 9.17. The zero-order chi connectivity index (χ0) is 23.6. The molecule has 5 nitrogen and oxygen atoms in total. The van der Waals surface area contributed by atoms with Crippen LogP contribution in [-0.2, 0) is 16.6 Å². The van der Waals surface area contributed by atoms with Crippen molar-refractivity contribution in [1.29, 1.82) is 0 Å². The molecule has 1 N–H and O–H groups in total. The Kier molecular flexibility index (Phi) is 6.74. The Morgan fingerprint density at radius 3 is 1.97 bits per heavy atom. The van der Waals surface area contributed by atoms with Crippen molar-refractivity contribution in [1.82, 2.24) is 0 Å². The summed E-state index contributed by atoms with van der Waals surface area (Å²) in [6.07, 6.45) is 1.21. The van der Waals surface area contributed by atoms with Crippen molar-refractivity contribution in [2.75, 3.05) is 15.9 Å². The van der Waals surface area contributed by atoms with Crippen molar-refractivity contribution in [3.8, 4) is 0 Å². The second-order valence-corrected chi connectivity index (χ2v) is 10.4. The fourth-order valence-electron chi connectivity index (χ4n) is 3.86. The van der Waals surface area contributed by atoms with E-state index in [1.54, 1.807) is 24.3 Å². The van der Waals surface area contributed by atoms with Gasteiger partial charge in [0.05, 0.1) is 18.5 Å². The number of benzene rings is 3. The molecule has 0 atom stereocenters. The van der Waals surface area contributed by atoms with E-state index in [1.807, 2.05) is 65.0 Å². The lowest BCUT2D eigenvalue weighted by molar-refractivity contribution is 0.102. The highest BCUT2D eigenvalue weighted by atomic mass is 32.2. The Hall–Kier alpha value is -3.12. The van der Waals surface area contributed by atoms with Crippen LogP contribution in [0, 0.1) is 34.6 Å². The molecule has 168 valence electrons. The summed E-state index contributed by atoms with van der Waals surface area (Å²) in [6.45, 7) is 10.0. The van der Waals surface area contributed by atoms with E-state index in [4.69, 9.17) is 0 Å². The van der Waals surface area contributed by atoms with Gasteiger partial charge in [-0.2, -0.15) is 0 Å². The first kappa shape index (κ1) is 23.5. The van der Waals surface area contributed by atoms with E-state index in [1.165, 1.54) is 10.6 Å². The highest BCUT2D eigenvalue weighted by Crippen LogP contribution is 2.26. The van der Waals surface area contributed by atoms with Gasteiger partial charge in [0, 0.05) is 11.3 Å². The van der Waals surface area contributed by atoms with E-state index >= 15 is 0 Å². The van der Waals surface area contributed by atoms with E-state index in [0.717, 1.165) is 39.1 Å². The standard InChI is InChI=1S/C26H30N2O3S/c1-17-7-8-19(3)24(15-17)28(32(6,30)31)16-22-9-11-23(12-10-22)26(29)27-25-20(4)13-18(2)14-21(25)5/h7-15H,16H2,1-6H3,(H,27,29). The van der Waals surface area contributed by atoms with Crippen molar-refractivity contribution in [3.05, 3.63) is 93.5 Å². The van der Waals surface area contributed by atoms with E-state index in [-0.39, 0.29) is 12.5 Å². The van der Waals surface area contributed by atoms with Crippen LogP contribution in [0.2, 0.25) is 0 Å². The van der Waals surface area contributed by atoms with Crippen LogP contribution in [0.25, 0.3) is 0 Å². The van der Waals surface area contributed by atoms with Crippen LogP contribution in [0.15, 0.2) is 54.6 Å². The number of sulfonamides is 1. The predicted octanol–water partition coefficient (Wildman–Crippen LogP) is 5.45. The number of nitrogens with zero attached hydrogens (tertiary/aromatic N) is 1. The number of rotatable bonds is 6. The molecule has 0 radical (unpaired) electrons. The second-order valence-electron chi connectivity index (χ2n) is 8.48. The lowest BCUT2D eigenvalue weighted by Crippen LogP contribution is -2.30. The third-order valence-corrected chi connectivity index (χ3v) is 6.62. The lowest BCUT2D eigenvalue weighted by Gasteiger charge is -2.25. The molecule has 3 aromatic carbocycles. The molecule has 3 aromatic rings. The molecule has 0 aliphatic carbocycles. The summed E-state index contributed by atoms with van der Waals surface area (Å²) in [7, 11) is -3.48. The first-order chi connectivity index (χ1) is 15.0. The molecule has 0 saturated carbocycles. The number of aryl methyl sites for hydroxylation is 5. The Bertz CT molecular complexity index is 1240. The maximum absolute atomic E-state index is 12.8. The largest absolute Gasteiger partial charge is 0.322 e. The molecular weight excluding hydrogens is 420 g/mol. The van der Waals surface area contributed by atoms with Crippen molar-refractivity contribution in [3.63, 3.8) is 0 Å². The number of anilines is 2. The summed E-state index contributed by atoms with van der Waals surface area (Å²) < 4.78 is 26.5. The summed E-state index contributed by atoms with van der Waals surface area (Å²) >= 11 is 0. The van der Waals surface area contributed by atoms with Gasteiger partial charge in [-0.05, 0) is 80.6 Å². The van der Waals surface area contributed by atoms with Crippen LogP contribution in [0.4, 0.5) is 11.4 Å². The van der Waals surface area contributed by atoms with Gasteiger partial charge in [-0.3, -0.25) is 9.10 Å². The predicted molar refractivity (Wildman–Crippen MR) is 132 cm³/mol. The van der Waals surface area contributed by atoms with Crippen LogP contribution in [-0.4, -0.2) is 20.6 Å². The zero-order valence-corrected chi connectivity index (χ0v) is 20.3. The molecule has 0 spiro atoms. The van der Waals surface area contributed by atoms with Gasteiger partial charge < -0.3 is 5.32 Å². The number of hydrogen-bond acceptors (Lipinski definition) is 3. The molecule has 0 fully saturated rings. The van der Waals surface area contributed by atoms with Crippen molar-refractivity contribution in [2.45, 2.75) is 41.2 Å². The third kappa shape index (κ3) is 5.37. The summed E-state index contributed by atoms with van der Waals surface area (Å²) in [4.78, 5) is 12.8. The summed E-state index contributed by atoms with van der Waals surface area (Å²) in [5.74, 6) is -0.193. The fourth-order valence-corrected chi connectivity index (χ4v) is 4.80. The van der Waals surface area contributed by atoms with Gasteiger partial charge in [-0.1, -0.05) is 42.0 Å². The van der Waals surface area contributed by atoms with Gasteiger partial charge in [0.2, 0.25) is 10.0 Å². The molecule has 0 unspecified atom stereocenters. The Balaban J connectivity index is 1.83. The highest BCUT2D eigenvalue weighted by molar-refractivity contribution is 7.92. The number of amides is 1. The molecule has 0 aliphatic rings. The monoisotopic (exact) mass is 450 g/mol. The van der Waals surface area contributed by atoms with E-state index in [2.05, 4.69) is 5.32 Å². The molecule has 0 aliphatic heterocycles. The molecule has 0 saturated heterocycles. The van der Waals surface area contributed by atoms with Crippen molar-refractivity contribution in [2.24, 2.45) is 0 Å². The van der Waals surface area contributed by atoms with Gasteiger partial charge in [-0.15, -0.1) is 0 Å². The van der Waals surface area contributed by atoms with Crippen LogP contribution in [0.1, 0.15) is 43.7 Å². The van der Waals surface area contributed by atoms with Gasteiger partial charge in [0.15, 0.2) is 0 Å². The normalized spacial score (nSPS) is 11.3. The molecule has 32 heavy (non-hydrogen) atoms. The van der Waals surface area contributed by atoms with Crippen LogP contribution < -0.4 is 9.62 Å². The summed E-state index contributed by atoms with van der Waals surface area (Å²) in [5, 5.41) is 3.00. The third-order valence-electron chi connectivity index (χ3n) is 5.49. The topological polar surface area (TPSA) is 66.5 Å². The van der Waals surface area contributed by atoms with Crippen LogP contribution in [0.3, 0.4) is 0 Å². The molecule has 3 rings (SSSR count). The maximum Gasteiger partial charge on any atom is 0.255 e. The Morgan fingerprint density at radius 1 is 0.812 bits per heavy atom. The number of carbonyl (C=O) groups is 1. The van der Waals surface area contributed by atoms with Crippen molar-refractivity contribution >= 4 is 27.3 Å². The molecule has 6 heteroatoms. The first-order valence-electron chi connectivity index (χ1n) is 10.5. The average Bonchev–Trinajstić information content (AvgIpc) is 2.70. The Labute approximate surface area is 191 Å². The zero-order valence-electron chi connectivity index (χ0n) is 19.5. The van der Waals surface area contributed by atoms with E-state index < -0.39 is 10.0 Å². The van der Waals surface area contributed by atoms with E-state index in [0.29, 0.717) is 11.3 Å². The number of carbonyl (C=O) groups excluding carboxylic acids is 1. The quantitative estimate of drug-likeness (QED) is 0.543. The van der Waals surface area contributed by atoms with Gasteiger partial charge in [-0.25, -0.2) is 8.42 Å². The van der Waals surface area contributed by atoms with Crippen LogP contribution in [0.5, 0.6) is 0 Å². The minimum absolute atomic E-state index is 0.193.